The van der Waals surface area contributed by atoms with Gasteiger partial charge in [0.15, 0.2) is 0 Å². The minimum atomic E-state index is -0.799. The molecule has 0 bridgehead atoms. The zero-order valence-electron chi connectivity index (χ0n) is 5.45. The summed E-state index contributed by atoms with van der Waals surface area (Å²) in [6.07, 6.45) is 0.857. The normalized spacial score (nSPS) is 25.4. The third kappa shape index (κ3) is 2.37. The highest BCUT2D eigenvalue weighted by atomic mass is 17.2. The Kier molecular flexibility index (Phi) is 2.71. The van der Waals surface area contributed by atoms with Crippen LogP contribution >= 0.6 is 0 Å². The van der Waals surface area contributed by atoms with E-state index in [1.54, 1.807) is 0 Å². The highest BCUT2D eigenvalue weighted by Gasteiger charge is 2.20. The van der Waals surface area contributed by atoms with Gasteiger partial charge in [0, 0.05) is 6.42 Å². The van der Waals surface area contributed by atoms with Gasteiger partial charge in [-0.3, -0.25) is 9.68 Å². The minimum absolute atomic E-state index is 0.00579. The maximum Gasteiger partial charge on any atom is 0.348 e. The third-order valence-corrected chi connectivity index (χ3v) is 1.32. The Balaban J connectivity index is 2.19. The minimum Gasteiger partial charge on any atom is -0.481 e. The van der Waals surface area contributed by atoms with Gasteiger partial charge in [0.1, 0.15) is 0 Å². The Hall–Kier alpha value is -0.545. The molecule has 1 atom stereocenters. The Labute approximate surface area is 59.3 Å². The first kappa shape index (κ1) is 7.56. The van der Waals surface area contributed by atoms with Crippen LogP contribution in [0.2, 0.25) is 5.82 Å². The van der Waals surface area contributed by atoms with Crippen molar-refractivity contribution in [3.63, 3.8) is 0 Å². The second-order valence-corrected chi connectivity index (χ2v) is 2.20. The van der Waals surface area contributed by atoms with Gasteiger partial charge in [-0.1, -0.05) is 0 Å². The molecule has 1 aliphatic heterocycles. The number of aliphatic carboxylic acids is 1. The van der Waals surface area contributed by atoms with Crippen LogP contribution in [0.4, 0.5) is 0 Å². The van der Waals surface area contributed by atoms with Crippen LogP contribution in [0.25, 0.3) is 0 Å². The molecule has 1 rings (SSSR count). The lowest BCUT2D eigenvalue weighted by Crippen LogP contribution is -2.20. The second-order valence-electron chi connectivity index (χ2n) is 2.20. The lowest BCUT2D eigenvalue weighted by molar-refractivity contribution is -0.221. The third-order valence-electron chi connectivity index (χ3n) is 1.32. The first-order valence-electron chi connectivity index (χ1n) is 3.12. The SMILES string of the molecule is O=C(O)CC1[B]OOCC1. The zero-order valence-corrected chi connectivity index (χ0v) is 5.45. The molecule has 0 saturated carbocycles. The fourth-order valence-electron chi connectivity index (χ4n) is 0.808. The monoisotopic (exact) mass is 143 g/mol. The molecular formula is C5H8BO4. The summed E-state index contributed by atoms with van der Waals surface area (Å²) in [5.41, 5.74) is 0. The molecule has 1 heterocycles. The number of carbonyl (C=O) groups is 1. The van der Waals surface area contributed by atoms with Gasteiger partial charge in [0.05, 0.1) is 6.61 Å². The van der Waals surface area contributed by atoms with Gasteiger partial charge < -0.3 is 9.91 Å². The summed E-state index contributed by atoms with van der Waals surface area (Å²) in [5.74, 6) is -0.794. The highest BCUT2D eigenvalue weighted by molar-refractivity contribution is 6.30. The van der Waals surface area contributed by atoms with E-state index < -0.39 is 5.97 Å². The highest BCUT2D eigenvalue weighted by Crippen LogP contribution is 2.18. The van der Waals surface area contributed by atoms with E-state index in [9.17, 15) is 4.79 Å². The molecule has 0 aliphatic carbocycles. The van der Waals surface area contributed by atoms with Crippen LogP contribution in [0, 0.1) is 0 Å². The first-order chi connectivity index (χ1) is 4.79. The smallest absolute Gasteiger partial charge is 0.348 e. The summed E-state index contributed by atoms with van der Waals surface area (Å²) in [6, 6.07) is 0. The van der Waals surface area contributed by atoms with E-state index in [0.717, 1.165) is 6.42 Å². The number of hydrogen-bond acceptors (Lipinski definition) is 3. The van der Waals surface area contributed by atoms with Crippen molar-refractivity contribution < 1.29 is 19.6 Å². The molecule has 5 heteroatoms. The van der Waals surface area contributed by atoms with E-state index in [2.05, 4.69) is 9.69 Å². The van der Waals surface area contributed by atoms with Gasteiger partial charge in [-0.15, -0.1) is 0 Å². The van der Waals surface area contributed by atoms with Crippen LogP contribution in [0.15, 0.2) is 0 Å². The molecule has 1 unspecified atom stereocenters. The molecule has 10 heavy (non-hydrogen) atoms. The Bertz CT molecular complexity index is 121. The number of rotatable bonds is 2. The molecule has 1 radical (unpaired) electrons. The van der Waals surface area contributed by atoms with Crippen LogP contribution in [0.3, 0.4) is 0 Å². The fourth-order valence-corrected chi connectivity index (χ4v) is 0.808. The van der Waals surface area contributed by atoms with Gasteiger partial charge in [-0.25, -0.2) is 0 Å². The lowest BCUT2D eigenvalue weighted by Gasteiger charge is -2.17. The van der Waals surface area contributed by atoms with Gasteiger partial charge in [-0.05, 0) is 12.2 Å². The van der Waals surface area contributed by atoms with Crippen molar-refractivity contribution in [3.8, 4) is 0 Å². The second kappa shape index (κ2) is 3.58. The van der Waals surface area contributed by atoms with Crippen molar-refractivity contribution in [2.24, 2.45) is 0 Å². The molecular weight excluding hydrogens is 135 g/mol. The molecule has 0 amide bonds. The number of carboxylic acids is 1. The van der Waals surface area contributed by atoms with Crippen LogP contribution < -0.4 is 0 Å². The van der Waals surface area contributed by atoms with Crippen molar-refractivity contribution in [1.82, 2.24) is 0 Å². The van der Waals surface area contributed by atoms with Crippen LogP contribution in [0.5, 0.6) is 0 Å². The van der Waals surface area contributed by atoms with Gasteiger partial charge in [0.25, 0.3) is 0 Å². The van der Waals surface area contributed by atoms with Crippen molar-refractivity contribution in [2.45, 2.75) is 18.7 Å². The van der Waals surface area contributed by atoms with E-state index in [0.29, 0.717) is 6.61 Å². The summed E-state index contributed by atoms with van der Waals surface area (Å²) in [5, 5.41) is 8.35. The van der Waals surface area contributed by atoms with Crippen LogP contribution in [-0.2, 0) is 14.5 Å². The molecule has 0 aromatic rings. The average molecular weight is 143 g/mol. The fraction of sp³-hybridized carbons (Fsp3) is 0.800. The largest absolute Gasteiger partial charge is 0.481 e. The first-order valence-corrected chi connectivity index (χ1v) is 3.12. The summed E-state index contributed by atoms with van der Waals surface area (Å²) in [6.45, 7) is 0.481. The Morgan fingerprint density at radius 3 is 3.10 bits per heavy atom. The molecule has 1 fully saturated rings. The Morgan fingerprint density at radius 1 is 1.80 bits per heavy atom. The van der Waals surface area contributed by atoms with Crippen molar-refractivity contribution in [1.29, 1.82) is 0 Å². The molecule has 0 aromatic carbocycles. The molecule has 55 valence electrons. The van der Waals surface area contributed by atoms with E-state index >= 15 is 0 Å². The maximum absolute atomic E-state index is 10.2. The van der Waals surface area contributed by atoms with Crippen LogP contribution in [0.1, 0.15) is 12.8 Å². The molecule has 1 aliphatic rings. The molecule has 0 aromatic heterocycles. The predicted molar refractivity (Wildman–Crippen MR) is 33.4 cm³/mol. The topological polar surface area (TPSA) is 55.8 Å². The van der Waals surface area contributed by atoms with Gasteiger partial charge in [-0.2, -0.15) is 0 Å². The van der Waals surface area contributed by atoms with Crippen molar-refractivity contribution in [3.05, 3.63) is 0 Å². The summed E-state index contributed by atoms with van der Waals surface area (Å²) in [4.78, 5) is 19.2. The summed E-state index contributed by atoms with van der Waals surface area (Å²) < 4.78 is 0. The standard InChI is InChI=1S/C5H8BO4/c7-5(8)3-4-1-2-9-10-6-4/h4H,1-3H2,(H,7,8). The molecule has 1 saturated heterocycles. The van der Waals surface area contributed by atoms with E-state index in [1.165, 1.54) is 7.48 Å². The molecule has 1 N–H and O–H groups in total. The average Bonchev–Trinajstić information content (AvgIpc) is 1.88. The quantitative estimate of drug-likeness (QED) is 0.443. The van der Waals surface area contributed by atoms with Gasteiger partial charge >= 0.3 is 13.5 Å². The van der Waals surface area contributed by atoms with Crippen molar-refractivity contribution >= 4 is 13.5 Å². The van der Waals surface area contributed by atoms with E-state index in [4.69, 9.17) is 5.11 Å². The van der Waals surface area contributed by atoms with Gasteiger partial charge in [0.2, 0.25) is 0 Å². The lowest BCUT2D eigenvalue weighted by atomic mass is 9.75. The predicted octanol–water partition coefficient (Wildman–Crippen LogP) is 0.221. The summed E-state index contributed by atoms with van der Waals surface area (Å²) in [7, 11) is 1.43. The summed E-state index contributed by atoms with van der Waals surface area (Å²) >= 11 is 0. The molecule has 0 spiro atoms. The number of carboxylic acid groups (broad SMARTS) is 1. The molecule has 4 nitrogen and oxygen atoms in total. The van der Waals surface area contributed by atoms with Crippen LogP contribution in [-0.4, -0.2) is 25.2 Å². The van der Waals surface area contributed by atoms with Crippen molar-refractivity contribution in [2.75, 3.05) is 6.61 Å². The zero-order chi connectivity index (χ0) is 7.40. The van der Waals surface area contributed by atoms with E-state index in [-0.39, 0.29) is 12.2 Å². The van der Waals surface area contributed by atoms with E-state index in [1.807, 2.05) is 0 Å². The Morgan fingerprint density at radius 2 is 2.60 bits per heavy atom. The number of hydrogen-bond donors (Lipinski definition) is 1. The maximum atomic E-state index is 10.2.